The summed E-state index contributed by atoms with van der Waals surface area (Å²) in [4.78, 5) is 4.68. The molecule has 1 aliphatic heterocycles. The number of aromatic amines is 1. The van der Waals surface area contributed by atoms with Gasteiger partial charge in [0.2, 0.25) is 0 Å². The molecular weight excluding hydrogens is 421 g/mol. The van der Waals surface area contributed by atoms with Crippen LogP contribution >= 0.6 is 23.2 Å². The molecule has 158 valence electrons. The number of hydrogen-bond acceptors (Lipinski definition) is 4. The van der Waals surface area contributed by atoms with Crippen molar-refractivity contribution in [3.8, 4) is 5.75 Å². The van der Waals surface area contributed by atoms with Crippen LogP contribution in [0.2, 0.25) is 5.02 Å². The quantitative estimate of drug-likeness (QED) is 0.519. The van der Waals surface area contributed by atoms with Gasteiger partial charge in [0.1, 0.15) is 12.4 Å². The second-order valence-electron chi connectivity index (χ2n) is 8.09. The average Bonchev–Trinajstić information content (AvgIpc) is 3.22. The molecule has 2 aromatic heterocycles. The molecule has 1 aromatic carbocycles. The molecule has 5 rings (SSSR count). The number of nitrogens with zero attached hydrogens (tertiary/aromatic N) is 2. The Labute approximate surface area is 186 Å². The maximum absolute atomic E-state index is 6.71. The lowest BCUT2D eigenvalue weighted by Crippen LogP contribution is -2.15. The Hall–Kier alpha value is -1.82. The number of hydrogen-bond donors (Lipinski definition) is 1. The standard InChI is InChI=1S/C23H25Cl2N3O2/c24-8-11-30-20-5-4-17-16(2-1-3-18(17)21(20)25)15-12-19-22(14-6-9-29-10-7-14)27-28-23(19)26-13-15/h4-5,12-14,16H,1-3,6-11H2,(H,26,27,28). The summed E-state index contributed by atoms with van der Waals surface area (Å²) in [5, 5.41) is 9.57. The molecule has 1 unspecified atom stereocenters. The molecule has 2 aliphatic rings. The Morgan fingerprint density at radius 1 is 1.20 bits per heavy atom. The number of pyridine rings is 1. The third-order valence-electron chi connectivity index (χ3n) is 6.37. The number of benzene rings is 1. The van der Waals surface area contributed by atoms with E-state index in [1.165, 1.54) is 22.4 Å². The molecule has 1 aliphatic carbocycles. The maximum atomic E-state index is 6.71. The number of alkyl halides is 1. The van der Waals surface area contributed by atoms with Crippen molar-refractivity contribution in [2.75, 3.05) is 25.7 Å². The van der Waals surface area contributed by atoms with E-state index >= 15 is 0 Å². The number of aromatic nitrogens is 3. The Bertz CT molecular complexity index is 1050. The number of nitrogens with one attached hydrogen (secondary N) is 1. The van der Waals surface area contributed by atoms with E-state index in [0.717, 1.165) is 67.1 Å². The lowest BCUT2D eigenvalue weighted by molar-refractivity contribution is 0.0847. The Morgan fingerprint density at radius 3 is 2.90 bits per heavy atom. The molecule has 0 bridgehead atoms. The van der Waals surface area contributed by atoms with Crippen LogP contribution in [-0.4, -0.2) is 40.9 Å². The summed E-state index contributed by atoms with van der Waals surface area (Å²) >= 11 is 12.5. The smallest absolute Gasteiger partial charge is 0.181 e. The summed E-state index contributed by atoms with van der Waals surface area (Å²) in [5.74, 6) is 1.90. The molecule has 0 radical (unpaired) electrons. The third-order valence-corrected chi connectivity index (χ3v) is 6.93. The number of halogens is 2. The Kier molecular flexibility index (Phi) is 5.85. The van der Waals surface area contributed by atoms with E-state index in [1.54, 1.807) is 0 Å². The second kappa shape index (κ2) is 8.74. The van der Waals surface area contributed by atoms with E-state index in [0.29, 0.717) is 18.4 Å². The summed E-state index contributed by atoms with van der Waals surface area (Å²) in [7, 11) is 0. The van der Waals surface area contributed by atoms with Crippen LogP contribution in [0, 0.1) is 0 Å². The third kappa shape index (κ3) is 3.68. The number of fused-ring (bicyclic) bond motifs is 2. The Balaban J connectivity index is 1.51. The first-order valence-electron chi connectivity index (χ1n) is 10.7. The van der Waals surface area contributed by atoms with Gasteiger partial charge in [0.15, 0.2) is 5.65 Å². The first kappa shape index (κ1) is 20.1. The predicted octanol–water partition coefficient (Wildman–Crippen LogP) is 5.59. The van der Waals surface area contributed by atoms with E-state index in [9.17, 15) is 0 Å². The topological polar surface area (TPSA) is 60.0 Å². The fourth-order valence-corrected chi connectivity index (χ4v) is 5.26. The average molecular weight is 446 g/mol. The molecule has 5 nitrogen and oxygen atoms in total. The van der Waals surface area contributed by atoms with E-state index in [1.807, 2.05) is 12.3 Å². The summed E-state index contributed by atoms with van der Waals surface area (Å²) in [5.41, 5.74) is 5.68. The van der Waals surface area contributed by atoms with Gasteiger partial charge in [-0.25, -0.2) is 4.98 Å². The molecule has 0 saturated carbocycles. The van der Waals surface area contributed by atoms with Crippen LogP contribution in [-0.2, 0) is 11.2 Å². The molecular formula is C23H25Cl2N3O2. The van der Waals surface area contributed by atoms with Gasteiger partial charge >= 0.3 is 0 Å². The second-order valence-corrected chi connectivity index (χ2v) is 8.85. The zero-order chi connectivity index (χ0) is 20.5. The first-order chi connectivity index (χ1) is 14.8. The molecule has 0 amide bonds. The Morgan fingerprint density at radius 2 is 2.07 bits per heavy atom. The maximum Gasteiger partial charge on any atom is 0.181 e. The largest absolute Gasteiger partial charge is 0.491 e. The van der Waals surface area contributed by atoms with Gasteiger partial charge in [-0.1, -0.05) is 17.7 Å². The molecule has 1 fully saturated rings. The van der Waals surface area contributed by atoms with Crippen LogP contribution in [0.5, 0.6) is 5.75 Å². The van der Waals surface area contributed by atoms with Crippen molar-refractivity contribution in [1.82, 2.24) is 15.2 Å². The summed E-state index contributed by atoms with van der Waals surface area (Å²) in [6, 6.07) is 6.42. The highest BCUT2D eigenvalue weighted by molar-refractivity contribution is 6.33. The van der Waals surface area contributed by atoms with Gasteiger partial charge in [0, 0.05) is 42.3 Å². The van der Waals surface area contributed by atoms with Gasteiger partial charge in [-0.05, 0) is 60.9 Å². The molecule has 1 atom stereocenters. The van der Waals surface area contributed by atoms with Crippen molar-refractivity contribution >= 4 is 34.2 Å². The van der Waals surface area contributed by atoms with Crippen molar-refractivity contribution in [3.05, 3.63) is 51.8 Å². The van der Waals surface area contributed by atoms with E-state index < -0.39 is 0 Å². The van der Waals surface area contributed by atoms with Crippen LogP contribution < -0.4 is 4.74 Å². The van der Waals surface area contributed by atoms with Crippen LogP contribution in [0.15, 0.2) is 24.4 Å². The number of ether oxygens (including phenoxy) is 2. The van der Waals surface area contributed by atoms with Crippen molar-refractivity contribution in [2.24, 2.45) is 0 Å². The molecule has 3 heterocycles. The van der Waals surface area contributed by atoms with Gasteiger partial charge < -0.3 is 9.47 Å². The molecule has 7 heteroatoms. The van der Waals surface area contributed by atoms with Gasteiger partial charge in [0.05, 0.1) is 10.9 Å². The van der Waals surface area contributed by atoms with Crippen molar-refractivity contribution < 1.29 is 9.47 Å². The van der Waals surface area contributed by atoms with Crippen molar-refractivity contribution in [3.63, 3.8) is 0 Å². The van der Waals surface area contributed by atoms with Crippen LogP contribution in [0.3, 0.4) is 0 Å². The fraction of sp³-hybridized carbons (Fsp3) is 0.478. The van der Waals surface area contributed by atoms with E-state index in [4.69, 9.17) is 32.7 Å². The van der Waals surface area contributed by atoms with Crippen LogP contribution in [0.4, 0.5) is 0 Å². The fourth-order valence-electron chi connectivity index (χ4n) is 4.86. The van der Waals surface area contributed by atoms with E-state index in [2.05, 4.69) is 27.3 Å². The zero-order valence-corrected chi connectivity index (χ0v) is 18.3. The summed E-state index contributed by atoms with van der Waals surface area (Å²) < 4.78 is 11.3. The SMILES string of the molecule is ClCCOc1ccc2c(c1Cl)CCCC2c1cnc2n[nH]c(C3CCOCC3)c2c1. The van der Waals surface area contributed by atoms with Gasteiger partial charge in [-0.2, -0.15) is 5.10 Å². The normalized spacial score (nSPS) is 19.7. The first-order valence-corrected chi connectivity index (χ1v) is 11.6. The minimum absolute atomic E-state index is 0.280. The van der Waals surface area contributed by atoms with Gasteiger partial charge in [-0.3, -0.25) is 5.10 Å². The molecule has 0 spiro atoms. The van der Waals surface area contributed by atoms with Crippen LogP contribution in [0.1, 0.15) is 59.9 Å². The minimum Gasteiger partial charge on any atom is -0.491 e. The molecule has 1 N–H and O–H groups in total. The highest BCUT2D eigenvalue weighted by Gasteiger charge is 2.27. The zero-order valence-electron chi connectivity index (χ0n) is 16.8. The monoisotopic (exact) mass is 445 g/mol. The van der Waals surface area contributed by atoms with Crippen molar-refractivity contribution in [1.29, 1.82) is 0 Å². The lowest BCUT2D eigenvalue weighted by atomic mass is 9.79. The van der Waals surface area contributed by atoms with E-state index in [-0.39, 0.29) is 5.92 Å². The molecule has 30 heavy (non-hydrogen) atoms. The lowest BCUT2D eigenvalue weighted by Gasteiger charge is -2.27. The van der Waals surface area contributed by atoms with Gasteiger partial charge in [-0.15, -0.1) is 11.6 Å². The molecule has 1 saturated heterocycles. The minimum atomic E-state index is 0.280. The predicted molar refractivity (Wildman–Crippen MR) is 119 cm³/mol. The van der Waals surface area contributed by atoms with Crippen LogP contribution in [0.25, 0.3) is 11.0 Å². The summed E-state index contributed by atoms with van der Waals surface area (Å²) in [6.45, 7) is 2.07. The summed E-state index contributed by atoms with van der Waals surface area (Å²) in [6.07, 6.45) is 7.17. The number of H-pyrrole nitrogens is 1. The van der Waals surface area contributed by atoms with Crippen molar-refractivity contribution in [2.45, 2.75) is 43.9 Å². The molecule has 3 aromatic rings. The highest BCUT2D eigenvalue weighted by atomic mass is 35.5. The highest BCUT2D eigenvalue weighted by Crippen LogP contribution is 2.43. The van der Waals surface area contributed by atoms with Gasteiger partial charge in [0.25, 0.3) is 0 Å². The number of rotatable bonds is 5.